The summed E-state index contributed by atoms with van der Waals surface area (Å²) >= 11 is 0. The van der Waals surface area contributed by atoms with Crippen molar-refractivity contribution in [2.75, 3.05) is 0 Å². The van der Waals surface area contributed by atoms with Gasteiger partial charge in [-0.1, -0.05) is 5.16 Å². The Morgan fingerprint density at radius 2 is 2.00 bits per heavy atom. The van der Waals surface area contributed by atoms with Crippen molar-refractivity contribution in [3.8, 4) is 0 Å². The number of ketones is 1. The van der Waals surface area contributed by atoms with Crippen LogP contribution < -0.4 is 0 Å². The van der Waals surface area contributed by atoms with Gasteiger partial charge in [-0.25, -0.2) is 0 Å². The summed E-state index contributed by atoms with van der Waals surface area (Å²) in [7, 11) is 0. The topological polar surface area (TPSA) is 69.4 Å². The van der Waals surface area contributed by atoms with Crippen LogP contribution in [0.3, 0.4) is 0 Å². The molecule has 0 spiro atoms. The molecule has 5 heteroatoms. The second-order valence-corrected chi connectivity index (χ2v) is 4.83. The normalized spacial score (nSPS) is 11.3. The fraction of sp³-hybridized carbons (Fsp3) is 0.583. The molecule has 0 N–H and O–H groups in total. The van der Waals surface area contributed by atoms with E-state index >= 15 is 0 Å². The maximum absolute atomic E-state index is 11.6. The van der Waals surface area contributed by atoms with Gasteiger partial charge in [0.25, 0.3) is 0 Å². The monoisotopic (exact) mass is 239 g/mol. The van der Waals surface area contributed by atoms with Gasteiger partial charge in [-0.05, 0) is 27.7 Å². The second-order valence-electron chi connectivity index (χ2n) is 4.83. The van der Waals surface area contributed by atoms with Gasteiger partial charge in [-0.15, -0.1) is 0 Å². The average Bonchev–Trinajstić information content (AvgIpc) is 2.58. The third kappa shape index (κ3) is 4.80. The molecule has 0 unspecified atom stereocenters. The van der Waals surface area contributed by atoms with Crippen molar-refractivity contribution in [3.05, 3.63) is 17.5 Å². The van der Waals surface area contributed by atoms with Gasteiger partial charge in [-0.3, -0.25) is 9.59 Å². The maximum Gasteiger partial charge on any atom is 0.306 e. The molecule has 5 nitrogen and oxygen atoms in total. The quantitative estimate of drug-likeness (QED) is 0.595. The molecule has 0 aliphatic rings. The third-order valence-corrected chi connectivity index (χ3v) is 1.89. The zero-order valence-corrected chi connectivity index (χ0v) is 10.6. The summed E-state index contributed by atoms with van der Waals surface area (Å²) in [4.78, 5) is 23.0. The van der Waals surface area contributed by atoms with Crippen LogP contribution >= 0.6 is 0 Å². The molecule has 0 saturated heterocycles. The largest absolute Gasteiger partial charge is 0.460 e. The van der Waals surface area contributed by atoms with E-state index in [0.29, 0.717) is 5.76 Å². The van der Waals surface area contributed by atoms with E-state index in [0.717, 1.165) is 0 Å². The van der Waals surface area contributed by atoms with Crippen LogP contribution in [-0.2, 0) is 9.53 Å². The molecule has 1 heterocycles. The van der Waals surface area contributed by atoms with Gasteiger partial charge in [0.2, 0.25) is 0 Å². The first kappa shape index (κ1) is 13.4. The van der Waals surface area contributed by atoms with Crippen LogP contribution in [0, 0.1) is 6.92 Å². The number of carbonyl (C=O) groups excluding carboxylic acids is 2. The van der Waals surface area contributed by atoms with Gasteiger partial charge < -0.3 is 9.26 Å². The van der Waals surface area contributed by atoms with Gasteiger partial charge >= 0.3 is 5.97 Å². The Bertz CT molecular complexity index is 414. The number of hydrogen-bond acceptors (Lipinski definition) is 5. The van der Waals surface area contributed by atoms with Gasteiger partial charge in [0.15, 0.2) is 5.78 Å². The van der Waals surface area contributed by atoms with Gasteiger partial charge in [0.05, 0.1) is 6.42 Å². The number of rotatable bonds is 4. The summed E-state index contributed by atoms with van der Waals surface area (Å²) in [6.07, 6.45) is 0.142. The Labute approximate surface area is 100 Å². The molecule has 0 radical (unpaired) electrons. The van der Waals surface area contributed by atoms with Crippen LogP contribution in [0.15, 0.2) is 10.6 Å². The van der Waals surface area contributed by atoms with E-state index in [1.54, 1.807) is 33.8 Å². The van der Waals surface area contributed by atoms with E-state index in [1.165, 1.54) is 0 Å². The molecule has 94 valence electrons. The summed E-state index contributed by atoms with van der Waals surface area (Å²) in [5.74, 6) is -0.0237. The molecule has 1 rings (SSSR count). The predicted octanol–water partition coefficient (Wildman–Crippen LogP) is 2.29. The zero-order chi connectivity index (χ0) is 13.1. The fourth-order valence-electron chi connectivity index (χ4n) is 1.23. The molecule has 0 atom stereocenters. The lowest BCUT2D eigenvalue weighted by atomic mass is 10.1. The van der Waals surface area contributed by atoms with E-state index < -0.39 is 5.60 Å². The molecular weight excluding hydrogens is 222 g/mol. The number of nitrogens with zero attached hydrogens (tertiary/aromatic N) is 1. The number of aromatic nitrogens is 1. The molecule has 0 fully saturated rings. The van der Waals surface area contributed by atoms with Gasteiger partial charge in [0.1, 0.15) is 17.1 Å². The lowest BCUT2D eigenvalue weighted by Crippen LogP contribution is -2.24. The minimum Gasteiger partial charge on any atom is -0.460 e. The van der Waals surface area contributed by atoms with E-state index in [1.807, 2.05) is 0 Å². The highest BCUT2D eigenvalue weighted by molar-refractivity contribution is 5.95. The Balaban J connectivity index is 2.41. The number of aryl methyl sites for hydroxylation is 1. The van der Waals surface area contributed by atoms with E-state index in [9.17, 15) is 9.59 Å². The summed E-state index contributed by atoms with van der Waals surface area (Å²) in [6.45, 7) is 7.06. The smallest absolute Gasteiger partial charge is 0.306 e. The van der Waals surface area contributed by atoms with E-state index in [-0.39, 0.29) is 30.3 Å². The van der Waals surface area contributed by atoms with E-state index in [4.69, 9.17) is 9.26 Å². The summed E-state index contributed by atoms with van der Waals surface area (Å²) in [5.41, 5.74) is -0.268. The first-order chi connectivity index (χ1) is 7.78. The van der Waals surface area contributed by atoms with Gasteiger partial charge in [-0.2, -0.15) is 0 Å². The lowest BCUT2D eigenvalue weighted by Gasteiger charge is -2.19. The standard InChI is InChI=1S/C12H17NO4/c1-8-7-9(13-17-8)10(14)5-6-11(15)16-12(2,3)4/h7H,5-6H2,1-4H3. The Kier molecular flexibility index (Phi) is 4.04. The van der Waals surface area contributed by atoms with Crippen LogP contribution in [0.25, 0.3) is 0 Å². The van der Waals surface area contributed by atoms with Crippen LogP contribution in [0.2, 0.25) is 0 Å². The minimum absolute atomic E-state index is 0.0576. The lowest BCUT2D eigenvalue weighted by molar-refractivity contribution is -0.154. The number of hydrogen-bond donors (Lipinski definition) is 0. The SMILES string of the molecule is Cc1cc(C(=O)CCC(=O)OC(C)(C)C)no1. The zero-order valence-electron chi connectivity index (χ0n) is 10.6. The number of esters is 1. The highest BCUT2D eigenvalue weighted by atomic mass is 16.6. The van der Waals surface area contributed by atoms with Crippen LogP contribution in [0.4, 0.5) is 0 Å². The first-order valence-electron chi connectivity index (χ1n) is 5.46. The molecule has 17 heavy (non-hydrogen) atoms. The highest BCUT2D eigenvalue weighted by Gasteiger charge is 2.18. The summed E-state index contributed by atoms with van der Waals surface area (Å²) in [5, 5.41) is 3.59. The van der Waals surface area contributed by atoms with Crippen molar-refractivity contribution in [2.24, 2.45) is 0 Å². The van der Waals surface area contributed by atoms with Gasteiger partial charge in [0, 0.05) is 12.5 Å². The average molecular weight is 239 g/mol. The summed E-state index contributed by atoms with van der Waals surface area (Å²) in [6, 6.07) is 1.55. The molecule has 0 aliphatic carbocycles. The Morgan fingerprint density at radius 1 is 1.35 bits per heavy atom. The first-order valence-corrected chi connectivity index (χ1v) is 5.46. The number of carbonyl (C=O) groups is 2. The second kappa shape index (κ2) is 5.12. The molecule has 0 saturated carbocycles. The van der Waals surface area contributed by atoms with Crippen molar-refractivity contribution < 1.29 is 18.8 Å². The number of ether oxygens (including phenoxy) is 1. The molecule has 1 aromatic heterocycles. The van der Waals surface area contributed by atoms with Crippen LogP contribution in [0.1, 0.15) is 49.9 Å². The molecular formula is C12H17NO4. The Hall–Kier alpha value is -1.65. The highest BCUT2D eigenvalue weighted by Crippen LogP contribution is 2.11. The maximum atomic E-state index is 11.6. The fourth-order valence-corrected chi connectivity index (χ4v) is 1.23. The molecule has 0 aliphatic heterocycles. The predicted molar refractivity (Wildman–Crippen MR) is 60.6 cm³/mol. The molecule has 0 bridgehead atoms. The molecule has 1 aromatic rings. The van der Waals surface area contributed by atoms with E-state index in [2.05, 4.69) is 5.16 Å². The van der Waals surface area contributed by atoms with Crippen molar-refractivity contribution in [3.63, 3.8) is 0 Å². The number of Topliss-reactive ketones (excluding diaryl/α,β-unsaturated/α-hetero) is 1. The summed E-state index contributed by atoms with van der Waals surface area (Å²) < 4.78 is 9.88. The molecule has 0 aromatic carbocycles. The van der Waals surface area contributed by atoms with Crippen molar-refractivity contribution in [2.45, 2.75) is 46.1 Å². The minimum atomic E-state index is -0.523. The van der Waals surface area contributed by atoms with Crippen LogP contribution in [0.5, 0.6) is 0 Å². The third-order valence-electron chi connectivity index (χ3n) is 1.89. The van der Waals surface area contributed by atoms with Crippen molar-refractivity contribution >= 4 is 11.8 Å². The Morgan fingerprint density at radius 3 is 2.47 bits per heavy atom. The van der Waals surface area contributed by atoms with Crippen molar-refractivity contribution in [1.82, 2.24) is 5.16 Å². The van der Waals surface area contributed by atoms with Crippen molar-refractivity contribution in [1.29, 1.82) is 0 Å². The molecule has 0 amide bonds. The van der Waals surface area contributed by atoms with Crippen LogP contribution in [-0.4, -0.2) is 22.5 Å².